The molecule has 0 saturated heterocycles. The first-order chi connectivity index (χ1) is 9.81. The topological polar surface area (TPSA) is 12.0 Å². The third-order valence-electron chi connectivity index (χ3n) is 3.33. The molecular formula is C16H16ClNS2. The summed E-state index contributed by atoms with van der Waals surface area (Å²) in [4.78, 5) is 1.21. The molecule has 0 aliphatic carbocycles. The van der Waals surface area contributed by atoms with E-state index in [9.17, 15) is 0 Å². The molecule has 20 heavy (non-hydrogen) atoms. The summed E-state index contributed by atoms with van der Waals surface area (Å²) in [5.74, 6) is 0. The van der Waals surface area contributed by atoms with Crippen molar-refractivity contribution in [3.63, 3.8) is 0 Å². The van der Waals surface area contributed by atoms with Gasteiger partial charge in [0.2, 0.25) is 0 Å². The first kappa shape index (κ1) is 14.1. The second-order valence-electron chi connectivity index (χ2n) is 4.71. The van der Waals surface area contributed by atoms with E-state index in [-0.39, 0.29) is 6.04 Å². The lowest BCUT2D eigenvalue weighted by atomic mass is 10.0. The van der Waals surface area contributed by atoms with Crippen LogP contribution in [0.3, 0.4) is 0 Å². The molecule has 104 valence electrons. The largest absolute Gasteiger partial charge is 0.306 e. The van der Waals surface area contributed by atoms with E-state index in [0.29, 0.717) is 0 Å². The van der Waals surface area contributed by atoms with Crippen LogP contribution in [-0.2, 0) is 0 Å². The van der Waals surface area contributed by atoms with Crippen LogP contribution in [0.15, 0.2) is 41.1 Å². The van der Waals surface area contributed by atoms with Crippen molar-refractivity contribution in [2.24, 2.45) is 0 Å². The molecule has 4 heteroatoms. The van der Waals surface area contributed by atoms with Crippen LogP contribution in [0.5, 0.6) is 0 Å². The fourth-order valence-electron chi connectivity index (χ4n) is 2.37. The minimum atomic E-state index is 0.193. The van der Waals surface area contributed by atoms with Gasteiger partial charge in [0.1, 0.15) is 0 Å². The van der Waals surface area contributed by atoms with Crippen molar-refractivity contribution in [1.82, 2.24) is 5.32 Å². The number of hydrogen-bond donors (Lipinski definition) is 1. The molecule has 2 heterocycles. The molecule has 0 saturated carbocycles. The molecule has 1 atom stereocenters. The molecule has 0 aliphatic rings. The maximum atomic E-state index is 6.36. The van der Waals surface area contributed by atoms with Crippen molar-refractivity contribution in [2.75, 3.05) is 6.54 Å². The van der Waals surface area contributed by atoms with Gasteiger partial charge in [-0.15, -0.1) is 22.7 Å². The van der Waals surface area contributed by atoms with Crippen LogP contribution >= 0.6 is 34.3 Å². The highest BCUT2D eigenvalue weighted by Gasteiger charge is 2.20. The molecule has 0 radical (unpaired) electrons. The Bertz CT molecular complexity index is 701. The minimum Gasteiger partial charge on any atom is -0.306 e. The molecule has 0 aliphatic heterocycles. The molecule has 0 bridgehead atoms. The van der Waals surface area contributed by atoms with Gasteiger partial charge in [0.05, 0.1) is 11.1 Å². The SMILES string of the molecule is CCCNC(c1sccc1Cl)c1csc2ccccc12. The lowest BCUT2D eigenvalue weighted by Gasteiger charge is -2.17. The summed E-state index contributed by atoms with van der Waals surface area (Å²) in [6.45, 7) is 3.18. The molecule has 1 aromatic carbocycles. The first-order valence-electron chi connectivity index (χ1n) is 6.73. The molecule has 0 spiro atoms. The van der Waals surface area contributed by atoms with Crippen LogP contribution in [0.1, 0.15) is 29.8 Å². The predicted molar refractivity (Wildman–Crippen MR) is 91.3 cm³/mol. The second-order valence-corrected chi connectivity index (χ2v) is 6.97. The van der Waals surface area contributed by atoms with Crippen molar-refractivity contribution in [2.45, 2.75) is 19.4 Å². The molecule has 3 aromatic rings. The zero-order chi connectivity index (χ0) is 13.9. The zero-order valence-electron chi connectivity index (χ0n) is 11.2. The van der Waals surface area contributed by atoms with E-state index < -0.39 is 0 Å². The molecule has 1 nitrogen and oxygen atoms in total. The van der Waals surface area contributed by atoms with Gasteiger partial charge in [0.15, 0.2) is 0 Å². The Hall–Kier alpha value is -0.870. The van der Waals surface area contributed by atoms with Gasteiger partial charge in [-0.1, -0.05) is 36.7 Å². The monoisotopic (exact) mass is 321 g/mol. The van der Waals surface area contributed by atoms with Gasteiger partial charge in [-0.25, -0.2) is 0 Å². The molecule has 3 rings (SSSR count). The highest BCUT2D eigenvalue weighted by molar-refractivity contribution is 7.17. The third-order valence-corrected chi connectivity index (χ3v) is 5.73. The van der Waals surface area contributed by atoms with Gasteiger partial charge < -0.3 is 5.32 Å². The van der Waals surface area contributed by atoms with Gasteiger partial charge in [0.25, 0.3) is 0 Å². The van der Waals surface area contributed by atoms with Gasteiger partial charge in [0, 0.05) is 9.58 Å². The van der Waals surface area contributed by atoms with Crippen molar-refractivity contribution in [1.29, 1.82) is 0 Å². The summed E-state index contributed by atoms with van der Waals surface area (Å²) < 4.78 is 1.33. The van der Waals surface area contributed by atoms with Crippen LogP contribution in [0.4, 0.5) is 0 Å². The van der Waals surface area contributed by atoms with E-state index in [2.05, 4.69) is 47.3 Å². The number of nitrogens with one attached hydrogen (secondary N) is 1. The van der Waals surface area contributed by atoms with Crippen LogP contribution in [-0.4, -0.2) is 6.54 Å². The Labute approximate surface area is 132 Å². The molecule has 1 unspecified atom stereocenters. The maximum Gasteiger partial charge on any atom is 0.0700 e. The number of benzene rings is 1. The second kappa shape index (κ2) is 6.27. The number of fused-ring (bicyclic) bond motifs is 1. The molecule has 1 N–H and O–H groups in total. The van der Waals surface area contributed by atoms with Crippen LogP contribution in [0, 0.1) is 0 Å². The Balaban J connectivity index is 2.07. The average molecular weight is 322 g/mol. The number of rotatable bonds is 5. The summed E-state index contributed by atoms with van der Waals surface area (Å²) in [7, 11) is 0. The van der Waals surface area contributed by atoms with Crippen molar-refractivity contribution >= 4 is 44.4 Å². The first-order valence-corrected chi connectivity index (χ1v) is 8.87. The highest BCUT2D eigenvalue weighted by atomic mass is 35.5. The van der Waals surface area contributed by atoms with Crippen molar-refractivity contribution < 1.29 is 0 Å². The van der Waals surface area contributed by atoms with Crippen LogP contribution < -0.4 is 5.32 Å². The number of halogens is 1. The Morgan fingerprint density at radius 2 is 2.05 bits per heavy atom. The summed E-state index contributed by atoms with van der Waals surface area (Å²) in [6.07, 6.45) is 1.11. The van der Waals surface area contributed by atoms with Gasteiger partial charge in [-0.2, -0.15) is 0 Å². The summed E-state index contributed by atoms with van der Waals surface area (Å²) in [5, 5.41) is 10.1. The maximum absolute atomic E-state index is 6.36. The Morgan fingerprint density at radius 3 is 2.80 bits per heavy atom. The molecule has 2 aromatic heterocycles. The van der Waals surface area contributed by atoms with Crippen molar-refractivity contribution in [3.05, 3.63) is 56.6 Å². The zero-order valence-corrected chi connectivity index (χ0v) is 13.6. The van der Waals surface area contributed by atoms with E-state index in [0.717, 1.165) is 18.0 Å². The summed E-state index contributed by atoms with van der Waals surface area (Å²) >= 11 is 9.88. The van der Waals surface area contributed by atoms with Crippen molar-refractivity contribution in [3.8, 4) is 0 Å². The minimum absolute atomic E-state index is 0.193. The van der Waals surface area contributed by atoms with E-state index in [1.165, 1.54) is 20.5 Å². The predicted octanol–water partition coefficient (Wildman–Crippen LogP) is 5.71. The Kier molecular flexibility index (Phi) is 4.41. The fourth-order valence-corrected chi connectivity index (χ4v) is 4.61. The van der Waals surface area contributed by atoms with E-state index >= 15 is 0 Å². The quantitative estimate of drug-likeness (QED) is 0.635. The summed E-state index contributed by atoms with van der Waals surface area (Å²) in [6, 6.07) is 10.7. The van der Waals surface area contributed by atoms with Crippen LogP contribution in [0.2, 0.25) is 5.02 Å². The third kappa shape index (κ3) is 2.63. The van der Waals surface area contributed by atoms with Gasteiger partial charge >= 0.3 is 0 Å². The fraction of sp³-hybridized carbons (Fsp3) is 0.250. The Morgan fingerprint density at radius 1 is 1.20 bits per heavy atom. The lowest BCUT2D eigenvalue weighted by molar-refractivity contribution is 0.610. The van der Waals surface area contributed by atoms with Gasteiger partial charge in [-0.05, 0) is 46.8 Å². The van der Waals surface area contributed by atoms with E-state index in [4.69, 9.17) is 11.6 Å². The highest BCUT2D eigenvalue weighted by Crippen LogP contribution is 2.38. The molecule has 0 fully saturated rings. The van der Waals surface area contributed by atoms with Crippen LogP contribution in [0.25, 0.3) is 10.1 Å². The smallest absolute Gasteiger partial charge is 0.0700 e. The number of thiophene rings is 2. The normalized spacial score (nSPS) is 12.9. The van der Waals surface area contributed by atoms with E-state index in [1.54, 1.807) is 22.7 Å². The molecule has 0 amide bonds. The van der Waals surface area contributed by atoms with E-state index in [1.807, 2.05) is 6.07 Å². The average Bonchev–Trinajstić information content (AvgIpc) is 3.07. The lowest BCUT2D eigenvalue weighted by Crippen LogP contribution is -2.22. The number of hydrogen-bond acceptors (Lipinski definition) is 3. The standard InChI is InChI=1S/C16H16ClNS2/c1-2-8-18-15(16-13(17)7-9-19-16)12-10-20-14-6-4-3-5-11(12)14/h3-7,9-10,15,18H,2,8H2,1H3. The van der Waals surface area contributed by atoms with Gasteiger partial charge in [-0.3, -0.25) is 0 Å². The molecular weight excluding hydrogens is 306 g/mol. The summed E-state index contributed by atoms with van der Waals surface area (Å²) in [5.41, 5.74) is 1.34.